The maximum atomic E-state index is 12.3. The van der Waals surface area contributed by atoms with E-state index in [0.29, 0.717) is 30.2 Å². The van der Waals surface area contributed by atoms with Gasteiger partial charge in [0, 0.05) is 35.8 Å². The topological polar surface area (TPSA) is 73.3 Å². The number of carbonyl (C=O) groups excluding carboxylic acids is 1. The molecule has 2 aromatic heterocycles. The molecule has 0 aliphatic heterocycles. The van der Waals surface area contributed by atoms with Crippen LogP contribution in [0.4, 0.5) is 0 Å². The Morgan fingerprint density at radius 1 is 1.15 bits per heavy atom. The molecular formula is C19H19N3O3S. The van der Waals surface area contributed by atoms with Crippen LogP contribution in [0.2, 0.25) is 0 Å². The number of pyridine rings is 1. The molecule has 0 spiro atoms. The zero-order valence-corrected chi connectivity index (χ0v) is 15.4. The third-order valence-electron chi connectivity index (χ3n) is 3.76. The van der Waals surface area contributed by atoms with Crippen LogP contribution >= 0.6 is 11.3 Å². The monoisotopic (exact) mass is 369 g/mol. The van der Waals surface area contributed by atoms with Gasteiger partial charge in [0.25, 0.3) is 5.91 Å². The van der Waals surface area contributed by atoms with Crippen molar-refractivity contribution in [2.24, 2.45) is 0 Å². The standard InChI is InChI=1S/C19H19N3O3S/c1-24-16-7-6-13(11-17(16)25-2)19-22-15(12-26-19)18(23)21-10-8-14-5-3-4-9-20-14/h3-7,9,11-12H,8,10H2,1-2H3,(H,21,23). The third kappa shape index (κ3) is 4.18. The Labute approximate surface area is 155 Å². The smallest absolute Gasteiger partial charge is 0.270 e. The molecule has 0 fully saturated rings. The molecule has 1 aromatic carbocycles. The van der Waals surface area contributed by atoms with Crippen molar-refractivity contribution in [1.29, 1.82) is 0 Å². The Kier molecular flexibility index (Phi) is 5.80. The molecule has 0 saturated carbocycles. The normalized spacial score (nSPS) is 10.4. The van der Waals surface area contributed by atoms with Gasteiger partial charge in [-0.15, -0.1) is 11.3 Å². The molecule has 0 radical (unpaired) electrons. The summed E-state index contributed by atoms with van der Waals surface area (Å²) in [5.74, 6) is 1.09. The van der Waals surface area contributed by atoms with E-state index >= 15 is 0 Å². The van der Waals surface area contributed by atoms with Crippen molar-refractivity contribution in [3.05, 3.63) is 59.4 Å². The highest BCUT2D eigenvalue weighted by Gasteiger charge is 2.13. The van der Waals surface area contributed by atoms with E-state index in [-0.39, 0.29) is 5.91 Å². The van der Waals surface area contributed by atoms with Gasteiger partial charge in [0.05, 0.1) is 14.2 Å². The second-order valence-electron chi connectivity index (χ2n) is 5.43. The lowest BCUT2D eigenvalue weighted by Crippen LogP contribution is -2.26. The van der Waals surface area contributed by atoms with Crippen molar-refractivity contribution >= 4 is 17.2 Å². The van der Waals surface area contributed by atoms with E-state index in [0.717, 1.165) is 16.3 Å². The lowest BCUT2D eigenvalue weighted by atomic mass is 10.2. The molecule has 0 atom stereocenters. The summed E-state index contributed by atoms with van der Waals surface area (Å²) in [5.41, 5.74) is 2.22. The number of aromatic nitrogens is 2. The minimum absolute atomic E-state index is 0.191. The van der Waals surface area contributed by atoms with Gasteiger partial charge in [0.15, 0.2) is 11.5 Å². The first kappa shape index (κ1) is 17.9. The highest BCUT2D eigenvalue weighted by molar-refractivity contribution is 7.13. The summed E-state index contributed by atoms with van der Waals surface area (Å²) in [4.78, 5) is 20.9. The Morgan fingerprint density at radius 3 is 2.73 bits per heavy atom. The number of ether oxygens (including phenoxy) is 2. The van der Waals surface area contributed by atoms with E-state index in [1.807, 2.05) is 36.4 Å². The fraction of sp³-hybridized carbons (Fsp3) is 0.211. The first-order chi connectivity index (χ1) is 12.7. The van der Waals surface area contributed by atoms with Crippen molar-refractivity contribution in [3.63, 3.8) is 0 Å². The summed E-state index contributed by atoms with van der Waals surface area (Å²) in [6.07, 6.45) is 2.42. The molecule has 1 N–H and O–H groups in total. The Hall–Kier alpha value is -2.93. The van der Waals surface area contributed by atoms with Gasteiger partial charge in [-0.2, -0.15) is 0 Å². The number of rotatable bonds is 7. The van der Waals surface area contributed by atoms with E-state index in [1.165, 1.54) is 11.3 Å². The largest absolute Gasteiger partial charge is 0.493 e. The Balaban J connectivity index is 1.64. The van der Waals surface area contributed by atoms with Crippen LogP contribution in [-0.4, -0.2) is 36.6 Å². The van der Waals surface area contributed by atoms with Crippen LogP contribution < -0.4 is 14.8 Å². The average Bonchev–Trinajstić information content (AvgIpc) is 3.18. The van der Waals surface area contributed by atoms with E-state index in [4.69, 9.17) is 9.47 Å². The second-order valence-corrected chi connectivity index (χ2v) is 6.29. The summed E-state index contributed by atoms with van der Waals surface area (Å²) >= 11 is 1.41. The van der Waals surface area contributed by atoms with E-state index in [2.05, 4.69) is 15.3 Å². The average molecular weight is 369 g/mol. The van der Waals surface area contributed by atoms with Gasteiger partial charge in [0.2, 0.25) is 0 Å². The fourth-order valence-electron chi connectivity index (χ4n) is 2.42. The number of hydrogen-bond acceptors (Lipinski definition) is 6. The zero-order chi connectivity index (χ0) is 18.4. The minimum Gasteiger partial charge on any atom is -0.493 e. The van der Waals surface area contributed by atoms with Crippen molar-refractivity contribution in [1.82, 2.24) is 15.3 Å². The molecule has 3 rings (SSSR count). The lowest BCUT2D eigenvalue weighted by molar-refractivity contribution is 0.0950. The van der Waals surface area contributed by atoms with E-state index in [9.17, 15) is 4.79 Å². The Morgan fingerprint density at radius 2 is 2.00 bits per heavy atom. The van der Waals surface area contributed by atoms with Crippen LogP contribution in [0.25, 0.3) is 10.6 Å². The van der Waals surface area contributed by atoms with Crippen LogP contribution in [0.1, 0.15) is 16.2 Å². The highest BCUT2D eigenvalue weighted by atomic mass is 32.1. The number of amides is 1. The fourth-order valence-corrected chi connectivity index (χ4v) is 3.22. The first-order valence-corrected chi connectivity index (χ1v) is 8.95. The highest BCUT2D eigenvalue weighted by Crippen LogP contribution is 2.33. The molecule has 26 heavy (non-hydrogen) atoms. The molecule has 0 bridgehead atoms. The molecule has 3 aromatic rings. The van der Waals surface area contributed by atoms with Gasteiger partial charge in [-0.05, 0) is 30.3 Å². The number of carbonyl (C=O) groups is 1. The van der Waals surface area contributed by atoms with Gasteiger partial charge < -0.3 is 14.8 Å². The number of hydrogen-bond donors (Lipinski definition) is 1. The Bertz CT molecular complexity index is 881. The number of benzene rings is 1. The number of nitrogens with one attached hydrogen (secondary N) is 1. The SMILES string of the molecule is COc1ccc(-c2nc(C(=O)NCCc3ccccn3)cs2)cc1OC. The molecule has 0 saturated heterocycles. The number of thiazole rings is 1. The maximum Gasteiger partial charge on any atom is 0.270 e. The quantitative estimate of drug-likeness (QED) is 0.692. The van der Waals surface area contributed by atoms with Crippen LogP contribution in [0.15, 0.2) is 48.0 Å². The number of nitrogens with zero attached hydrogens (tertiary/aromatic N) is 2. The van der Waals surface area contributed by atoms with Gasteiger partial charge in [-0.1, -0.05) is 6.07 Å². The summed E-state index contributed by atoms with van der Waals surface area (Å²) in [6, 6.07) is 11.3. The first-order valence-electron chi connectivity index (χ1n) is 8.07. The van der Waals surface area contributed by atoms with Crippen LogP contribution in [0.3, 0.4) is 0 Å². The molecule has 7 heteroatoms. The summed E-state index contributed by atoms with van der Waals surface area (Å²) < 4.78 is 10.6. The molecule has 2 heterocycles. The van der Waals surface area contributed by atoms with Crippen LogP contribution in [0.5, 0.6) is 11.5 Å². The molecule has 134 valence electrons. The van der Waals surface area contributed by atoms with Crippen molar-refractivity contribution in [2.75, 3.05) is 20.8 Å². The van der Waals surface area contributed by atoms with Gasteiger partial charge >= 0.3 is 0 Å². The van der Waals surface area contributed by atoms with Crippen molar-refractivity contribution < 1.29 is 14.3 Å². The second kappa shape index (κ2) is 8.44. The summed E-state index contributed by atoms with van der Waals surface area (Å²) in [5, 5.41) is 5.38. The molecular weight excluding hydrogens is 350 g/mol. The predicted octanol–water partition coefficient (Wildman–Crippen LogP) is 3.19. The van der Waals surface area contributed by atoms with Crippen LogP contribution in [0, 0.1) is 0 Å². The van der Waals surface area contributed by atoms with E-state index < -0.39 is 0 Å². The molecule has 1 amide bonds. The van der Waals surface area contributed by atoms with Crippen molar-refractivity contribution in [2.45, 2.75) is 6.42 Å². The van der Waals surface area contributed by atoms with Gasteiger partial charge in [-0.3, -0.25) is 9.78 Å². The molecule has 0 aliphatic rings. The molecule has 0 aliphatic carbocycles. The maximum absolute atomic E-state index is 12.3. The number of methoxy groups -OCH3 is 2. The molecule has 0 unspecified atom stereocenters. The zero-order valence-electron chi connectivity index (χ0n) is 14.6. The summed E-state index contributed by atoms with van der Waals surface area (Å²) in [6.45, 7) is 0.513. The van der Waals surface area contributed by atoms with E-state index in [1.54, 1.807) is 25.8 Å². The van der Waals surface area contributed by atoms with Gasteiger partial charge in [-0.25, -0.2) is 4.98 Å². The minimum atomic E-state index is -0.191. The summed E-state index contributed by atoms with van der Waals surface area (Å²) in [7, 11) is 3.18. The lowest BCUT2D eigenvalue weighted by Gasteiger charge is -2.08. The predicted molar refractivity (Wildman–Crippen MR) is 101 cm³/mol. The van der Waals surface area contributed by atoms with Crippen LogP contribution in [-0.2, 0) is 6.42 Å². The molecule has 6 nitrogen and oxygen atoms in total. The van der Waals surface area contributed by atoms with Gasteiger partial charge in [0.1, 0.15) is 10.7 Å². The van der Waals surface area contributed by atoms with Crippen molar-refractivity contribution in [3.8, 4) is 22.1 Å². The third-order valence-corrected chi connectivity index (χ3v) is 4.65.